The fourth-order valence-electron chi connectivity index (χ4n) is 4.04. The highest BCUT2D eigenvalue weighted by Crippen LogP contribution is 2.29. The van der Waals surface area contributed by atoms with Crippen LogP contribution in [0.1, 0.15) is 26.4 Å². The van der Waals surface area contributed by atoms with Gasteiger partial charge in [0, 0.05) is 19.8 Å². The summed E-state index contributed by atoms with van der Waals surface area (Å²) < 4.78 is 15.6. The van der Waals surface area contributed by atoms with Crippen LogP contribution in [0.4, 0.5) is 10.1 Å². The topological polar surface area (TPSA) is 93.4 Å². The Bertz CT molecular complexity index is 1610. The number of hydrogen-bond donors (Lipinski definition) is 1. The smallest absolute Gasteiger partial charge is 0.337 e. The van der Waals surface area contributed by atoms with Crippen molar-refractivity contribution in [2.45, 2.75) is 27.3 Å². The number of para-hydroxylation sites is 1. The molecule has 0 saturated heterocycles. The van der Waals surface area contributed by atoms with E-state index >= 15 is 0 Å². The quantitative estimate of drug-likeness (QED) is 0.446. The number of benzene rings is 2. The van der Waals surface area contributed by atoms with Crippen LogP contribution in [-0.4, -0.2) is 39.9 Å². The van der Waals surface area contributed by atoms with Crippen LogP contribution in [0, 0.1) is 26.6 Å². The zero-order valence-corrected chi connectivity index (χ0v) is 21.3. The number of carbonyl (C=O) groups excluding carboxylic acids is 2. The van der Waals surface area contributed by atoms with Crippen LogP contribution in [-0.2, 0) is 11.3 Å². The summed E-state index contributed by atoms with van der Waals surface area (Å²) in [6, 6.07) is 10.5. The third-order valence-corrected chi connectivity index (χ3v) is 7.25. The van der Waals surface area contributed by atoms with Crippen LogP contribution in [0.3, 0.4) is 0 Å². The van der Waals surface area contributed by atoms with Gasteiger partial charge in [-0.2, -0.15) is 0 Å². The molecule has 0 atom stereocenters. The Kier molecular flexibility index (Phi) is 6.64. The Morgan fingerprint density at radius 3 is 2.19 bits per heavy atom. The van der Waals surface area contributed by atoms with Gasteiger partial charge in [-0.1, -0.05) is 18.2 Å². The highest BCUT2D eigenvalue weighted by molar-refractivity contribution is 7.20. The molecule has 0 aliphatic rings. The number of nitrogens with one attached hydrogen (secondary N) is 1. The second kappa shape index (κ2) is 9.54. The Labute approximate surface area is 210 Å². The molecule has 10 heteroatoms. The van der Waals surface area contributed by atoms with E-state index in [4.69, 9.17) is 0 Å². The number of amides is 2. The first-order valence-corrected chi connectivity index (χ1v) is 12.0. The number of fused-ring (bicyclic) bond motifs is 1. The van der Waals surface area contributed by atoms with E-state index in [0.29, 0.717) is 16.1 Å². The molecule has 2 heterocycles. The highest BCUT2D eigenvalue weighted by Gasteiger charge is 2.25. The summed E-state index contributed by atoms with van der Waals surface area (Å²) in [5, 5.41) is 3.02. The molecular weight excluding hydrogens is 483 g/mol. The summed E-state index contributed by atoms with van der Waals surface area (Å²) in [6.07, 6.45) is 0. The van der Waals surface area contributed by atoms with Crippen LogP contribution in [0.5, 0.6) is 0 Å². The zero-order chi connectivity index (χ0) is 26.3. The second-order valence-corrected chi connectivity index (χ2v) is 9.74. The number of anilines is 1. The van der Waals surface area contributed by atoms with Crippen molar-refractivity contribution in [2.24, 2.45) is 0 Å². The van der Waals surface area contributed by atoms with Crippen LogP contribution in [0.15, 0.2) is 52.1 Å². The summed E-state index contributed by atoms with van der Waals surface area (Å²) in [5.74, 6) is -1.31. The van der Waals surface area contributed by atoms with Gasteiger partial charge in [0.2, 0.25) is 5.91 Å². The van der Waals surface area contributed by atoms with Crippen LogP contribution in [0.25, 0.3) is 15.9 Å². The molecule has 8 nitrogen and oxygen atoms in total. The van der Waals surface area contributed by atoms with E-state index in [0.717, 1.165) is 39.2 Å². The molecule has 0 bridgehead atoms. The van der Waals surface area contributed by atoms with E-state index in [1.807, 2.05) is 32.0 Å². The fourth-order valence-corrected chi connectivity index (χ4v) is 5.36. The van der Waals surface area contributed by atoms with Gasteiger partial charge in [0.05, 0.1) is 16.0 Å². The number of hydrogen-bond acceptors (Lipinski definition) is 5. The second-order valence-electron chi connectivity index (χ2n) is 8.74. The molecule has 4 rings (SSSR count). The molecule has 4 aromatic rings. The highest BCUT2D eigenvalue weighted by atomic mass is 32.1. The van der Waals surface area contributed by atoms with Crippen molar-refractivity contribution >= 4 is 39.1 Å². The third-order valence-electron chi connectivity index (χ3n) is 5.95. The number of rotatable bonds is 5. The Morgan fingerprint density at radius 2 is 1.61 bits per heavy atom. The molecule has 2 amide bonds. The van der Waals surface area contributed by atoms with Gasteiger partial charge >= 0.3 is 5.69 Å². The molecule has 2 aromatic heterocycles. The van der Waals surface area contributed by atoms with E-state index in [9.17, 15) is 23.6 Å². The number of carbonyl (C=O) groups is 2. The van der Waals surface area contributed by atoms with Crippen molar-refractivity contribution in [3.63, 3.8) is 0 Å². The third kappa shape index (κ3) is 4.35. The van der Waals surface area contributed by atoms with Gasteiger partial charge in [0.15, 0.2) is 0 Å². The minimum atomic E-state index is -0.763. The maximum Gasteiger partial charge on any atom is 0.337 e. The van der Waals surface area contributed by atoms with Gasteiger partial charge in [-0.05, 0) is 61.7 Å². The molecule has 0 radical (unpaired) electrons. The van der Waals surface area contributed by atoms with Gasteiger partial charge in [0.25, 0.3) is 11.5 Å². The lowest BCUT2D eigenvalue weighted by molar-refractivity contribution is -0.116. The normalized spacial score (nSPS) is 11.1. The van der Waals surface area contributed by atoms with Gasteiger partial charge in [-0.15, -0.1) is 11.3 Å². The first-order chi connectivity index (χ1) is 17.0. The molecule has 2 aromatic carbocycles. The van der Waals surface area contributed by atoms with E-state index in [2.05, 4.69) is 5.32 Å². The molecule has 186 valence electrons. The number of aryl methyl sites for hydroxylation is 3. The SMILES string of the molecule is Cc1cccc(C)c1NC(=O)Cn1c(=O)n(-c2ccc(F)cc2)c(=O)c2c(C)c(C(=O)N(C)C)sc21. The van der Waals surface area contributed by atoms with Crippen molar-refractivity contribution in [3.8, 4) is 5.69 Å². The van der Waals surface area contributed by atoms with Crippen molar-refractivity contribution in [1.82, 2.24) is 14.0 Å². The van der Waals surface area contributed by atoms with Crippen molar-refractivity contribution in [3.05, 3.63) is 90.7 Å². The Hall–Kier alpha value is -4.05. The average Bonchev–Trinajstić information content (AvgIpc) is 3.17. The molecule has 0 unspecified atom stereocenters. The Morgan fingerprint density at radius 1 is 1.00 bits per heavy atom. The van der Waals surface area contributed by atoms with Crippen molar-refractivity contribution in [2.75, 3.05) is 19.4 Å². The van der Waals surface area contributed by atoms with E-state index in [-0.39, 0.29) is 28.4 Å². The maximum atomic E-state index is 13.6. The van der Waals surface area contributed by atoms with Gasteiger partial charge in [0.1, 0.15) is 17.2 Å². The lowest BCUT2D eigenvalue weighted by Crippen LogP contribution is -2.40. The van der Waals surface area contributed by atoms with Gasteiger partial charge in [-0.25, -0.2) is 13.8 Å². The predicted molar refractivity (Wildman–Crippen MR) is 139 cm³/mol. The monoisotopic (exact) mass is 508 g/mol. The number of nitrogens with zero attached hydrogens (tertiary/aromatic N) is 3. The first-order valence-electron chi connectivity index (χ1n) is 11.1. The van der Waals surface area contributed by atoms with Crippen LogP contribution in [0.2, 0.25) is 0 Å². The Balaban J connectivity index is 1.94. The predicted octanol–water partition coefficient (Wildman–Crippen LogP) is 3.62. The summed E-state index contributed by atoms with van der Waals surface area (Å²) in [4.78, 5) is 54.9. The molecule has 0 aliphatic carbocycles. The standard InChI is InChI=1S/C26H25FN4O4S/c1-14-7-6-8-15(2)21(14)28-19(32)13-30-25-20(16(3)22(36-25)24(34)29(4)5)23(33)31(26(30)35)18-11-9-17(27)10-12-18/h6-12H,13H2,1-5H3,(H,28,32). The van der Waals surface area contributed by atoms with Crippen molar-refractivity contribution < 1.29 is 14.0 Å². The van der Waals surface area contributed by atoms with Gasteiger partial charge in [-0.3, -0.25) is 19.0 Å². The molecule has 0 fully saturated rings. The maximum absolute atomic E-state index is 13.6. The minimum absolute atomic E-state index is 0.156. The summed E-state index contributed by atoms with van der Waals surface area (Å²) in [5.41, 5.74) is 1.54. The fraction of sp³-hybridized carbons (Fsp3) is 0.231. The summed E-state index contributed by atoms with van der Waals surface area (Å²) in [6.45, 7) is 4.98. The molecule has 0 aliphatic heterocycles. The minimum Gasteiger partial charge on any atom is -0.344 e. The van der Waals surface area contributed by atoms with Crippen molar-refractivity contribution in [1.29, 1.82) is 0 Å². The van der Waals surface area contributed by atoms with E-state index < -0.39 is 23.0 Å². The largest absolute Gasteiger partial charge is 0.344 e. The van der Waals surface area contributed by atoms with E-state index in [1.54, 1.807) is 21.0 Å². The molecule has 1 N–H and O–H groups in total. The number of halogens is 1. The molecule has 0 spiro atoms. The molecule has 0 saturated carbocycles. The first kappa shape index (κ1) is 25.1. The van der Waals surface area contributed by atoms with Crippen LogP contribution < -0.4 is 16.6 Å². The number of thiophene rings is 1. The summed E-state index contributed by atoms with van der Waals surface area (Å²) >= 11 is 0.995. The van der Waals surface area contributed by atoms with Crippen LogP contribution >= 0.6 is 11.3 Å². The molecular formula is C26H25FN4O4S. The summed E-state index contributed by atoms with van der Waals surface area (Å²) in [7, 11) is 3.18. The zero-order valence-electron chi connectivity index (χ0n) is 20.5. The van der Waals surface area contributed by atoms with E-state index in [1.165, 1.54) is 21.6 Å². The lowest BCUT2D eigenvalue weighted by atomic mass is 10.1. The van der Waals surface area contributed by atoms with Gasteiger partial charge < -0.3 is 10.2 Å². The lowest BCUT2D eigenvalue weighted by Gasteiger charge is -2.14. The average molecular weight is 509 g/mol. The molecule has 36 heavy (non-hydrogen) atoms. The number of aromatic nitrogens is 2.